The Morgan fingerprint density at radius 2 is 1.84 bits per heavy atom. The highest BCUT2D eigenvalue weighted by molar-refractivity contribution is 5.85. The minimum absolute atomic E-state index is 0. The van der Waals surface area contributed by atoms with E-state index in [9.17, 15) is 0 Å². The van der Waals surface area contributed by atoms with E-state index >= 15 is 0 Å². The van der Waals surface area contributed by atoms with Crippen molar-refractivity contribution in [3.05, 3.63) is 47.6 Å². The molecule has 0 aliphatic heterocycles. The summed E-state index contributed by atoms with van der Waals surface area (Å²) in [5.41, 5.74) is 6.71. The van der Waals surface area contributed by atoms with Crippen LogP contribution >= 0.6 is 12.4 Å². The quantitative estimate of drug-likeness (QED) is 0.914. The van der Waals surface area contributed by atoms with E-state index in [1.807, 2.05) is 32.0 Å². The van der Waals surface area contributed by atoms with Gasteiger partial charge in [-0.05, 0) is 25.8 Å². The Labute approximate surface area is 119 Å². The topological polar surface area (TPSA) is 64.9 Å². The van der Waals surface area contributed by atoms with Gasteiger partial charge in [0, 0.05) is 13.0 Å². The van der Waals surface area contributed by atoms with Crippen LogP contribution in [0.4, 0.5) is 0 Å². The number of nitrogens with two attached hydrogens (primary N) is 1. The molecule has 0 bridgehead atoms. The fraction of sp³-hybridized carbons (Fsp3) is 0.429. The van der Waals surface area contributed by atoms with Gasteiger partial charge < -0.3 is 10.3 Å². The lowest BCUT2D eigenvalue weighted by Crippen LogP contribution is -2.28. The zero-order valence-corrected chi connectivity index (χ0v) is 12.1. The third-order valence-corrected chi connectivity index (χ3v) is 3.04. The Morgan fingerprint density at radius 3 is 2.47 bits per heavy atom. The maximum atomic E-state index is 5.68. The molecule has 2 N–H and O–H groups in total. The third-order valence-electron chi connectivity index (χ3n) is 3.04. The maximum Gasteiger partial charge on any atom is 0.233 e. The van der Waals surface area contributed by atoms with Gasteiger partial charge >= 0.3 is 0 Å². The zero-order chi connectivity index (χ0) is 13.0. The van der Waals surface area contributed by atoms with Gasteiger partial charge in [-0.3, -0.25) is 0 Å². The Morgan fingerprint density at radius 1 is 1.16 bits per heavy atom. The number of hydrogen-bond acceptors (Lipinski definition) is 4. The first kappa shape index (κ1) is 15.7. The molecule has 4 nitrogen and oxygen atoms in total. The highest BCUT2D eigenvalue weighted by atomic mass is 35.5. The Hall–Kier alpha value is -1.39. The Balaban J connectivity index is 0.00000180. The molecule has 0 saturated heterocycles. The Kier molecular flexibility index (Phi) is 5.51. The van der Waals surface area contributed by atoms with Gasteiger partial charge in [0.2, 0.25) is 5.89 Å². The first-order valence-electron chi connectivity index (χ1n) is 6.19. The summed E-state index contributed by atoms with van der Waals surface area (Å²) in [5.74, 6) is 1.36. The van der Waals surface area contributed by atoms with E-state index in [2.05, 4.69) is 22.3 Å². The van der Waals surface area contributed by atoms with Crippen molar-refractivity contribution in [1.82, 2.24) is 10.1 Å². The molecule has 2 rings (SSSR count). The highest BCUT2D eigenvalue weighted by Crippen LogP contribution is 2.19. The first-order valence-corrected chi connectivity index (χ1v) is 6.19. The monoisotopic (exact) mass is 281 g/mol. The second kappa shape index (κ2) is 6.68. The summed E-state index contributed by atoms with van der Waals surface area (Å²) >= 11 is 0. The molecule has 19 heavy (non-hydrogen) atoms. The summed E-state index contributed by atoms with van der Waals surface area (Å²) < 4.78 is 5.27. The van der Waals surface area contributed by atoms with Gasteiger partial charge in [0.15, 0.2) is 5.82 Å². The predicted molar refractivity (Wildman–Crippen MR) is 77.5 cm³/mol. The van der Waals surface area contributed by atoms with Gasteiger partial charge in [-0.1, -0.05) is 35.5 Å². The van der Waals surface area contributed by atoms with Crippen molar-refractivity contribution in [2.24, 2.45) is 5.73 Å². The summed E-state index contributed by atoms with van der Waals surface area (Å²) in [6, 6.07) is 10.3. The van der Waals surface area contributed by atoms with Crippen LogP contribution in [0.15, 0.2) is 34.9 Å². The molecule has 0 aliphatic carbocycles. The minimum Gasteiger partial charge on any atom is -0.339 e. The predicted octanol–water partition coefficient (Wildman–Crippen LogP) is 2.51. The zero-order valence-electron chi connectivity index (χ0n) is 11.3. The van der Waals surface area contributed by atoms with Crippen LogP contribution in [-0.2, 0) is 18.3 Å². The van der Waals surface area contributed by atoms with Crippen LogP contribution in [0.5, 0.6) is 0 Å². The molecule has 1 aromatic heterocycles. The van der Waals surface area contributed by atoms with Crippen LogP contribution in [0.3, 0.4) is 0 Å². The average Bonchev–Trinajstić information content (AvgIpc) is 2.87. The van der Waals surface area contributed by atoms with Crippen molar-refractivity contribution in [1.29, 1.82) is 0 Å². The van der Waals surface area contributed by atoms with Crippen molar-refractivity contribution in [3.8, 4) is 0 Å². The second-order valence-corrected chi connectivity index (χ2v) is 5.09. The van der Waals surface area contributed by atoms with Crippen LogP contribution in [0, 0.1) is 0 Å². The summed E-state index contributed by atoms with van der Waals surface area (Å²) in [5, 5.41) is 4.00. The molecule has 0 unspecified atom stereocenters. The lowest BCUT2D eigenvalue weighted by Gasteiger charge is -2.15. The van der Waals surface area contributed by atoms with E-state index in [-0.39, 0.29) is 17.8 Å². The lowest BCUT2D eigenvalue weighted by atomic mass is 9.94. The molecule has 0 aliphatic rings. The number of benzene rings is 1. The summed E-state index contributed by atoms with van der Waals surface area (Å²) in [7, 11) is 0. The standard InChI is InChI=1S/C14H19N3O.ClH/c1-14(2,10-15)13-16-12(17-18-13)9-8-11-6-4-3-5-7-11;/h3-7H,8-10,15H2,1-2H3;1H. The third kappa shape index (κ3) is 4.04. The van der Waals surface area contributed by atoms with Crippen LogP contribution < -0.4 is 5.73 Å². The highest BCUT2D eigenvalue weighted by Gasteiger charge is 2.25. The number of aromatic nitrogens is 2. The van der Waals surface area contributed by atoms with Gasteiger partial charge in [-0.15, -0.1) is 12.4 Å². The van der Waals surface area contributed by atoms with Crippen molar-refractivity contribution in [2.75, 3.05) is 6.54 Å². The number of rotatable bonds is 5. The fourth-order valence-electron chi connectivity index (χ4n) is 1.62. The first-order chi connectivity index (χ1) is 8.62. The summed E-state index contributed by atoms with van der Waals surface area (Å²) in [4.78, 5) is 4.41. The van der Waals surface area contributed by atoms with Gasteiger partial charge in [-0.25, -0.2) is 0 Å². The van der Waals surface area contributed by atoms with E-state index in [1.54, 1.807) is 0 Å². The van der Waals surface area contributed by atoms with E-state index < -0.39 is 0 Å². The lowest BCUT2D eigenvalue weighted by molar-refractivity contribution is 0.309. The largest absolute Gasteiger partial charge is 0.339 e. The van der Waals surface area contributed by atoms with Gasteiger partial charge in [0.25, 0.3) is 0 Å². The molecule has 104 valence electrons. The SMILES string of the molecule is CC(C)(CN)c1nc(CCc2ccccc2)no1.Cl. The average molecular weight is 282 g/mol. The number of nitrogens with zero attached hydrogens (tertiary/aromatic N) is 2. The molecule has 0 radical (unpaired) electrons. The van der Waals surface area contributed by atoms with Crippen molar-refractivity contribution in [3.63, 3.8) is 0 Å². The number of halogens is 1. The Bertz CT molecular complexity index is 496. The molecule has 0 fully saturated rings. The van der Waals surface area contributed by atoms with Gasteiger partial charge in [-0.2, -0.15) is 4.98 Å². The maximum absolute atomic E-state index is 5.68. The molecular weight excluding hydrogens is 262 g/mol. The fourth-order valence-corrected chi connectivity index (χ4v) is 1.62. The van der Waals surface area contributed by atoms with Crippen LogP contribution in [0.1, 0.15) is 31.1 Å². The molecule has 5 heteroatoms. The second-order valence-electron chi connectivity index (χ2n) is 5.09. The van der Waals surface area contributed by atoms with Crippen LogP contribution in [0.2, 0.25) is 0 Å². The molecular formula is C14H20ClN3O. The summed E-state index contributed by atoms with van der Waals surface area (Å²) in [6.07, 6.45) is 1.71. The molecule has 1 heterocycles. The van der Waals surface area contributed by atoms with Crippen LogP contribution in [-0.4, -0.2) is 16.7 Å². The molecule has 2 aromatic rings. The van der Waals surface area contributed by atoms with Crippen molar-refractivity contribution in [2.45, 2.75) is 32.1 Å². The van der Waals surface area contributed by atoms with E-state index in [1.165, 1.54) is 5.56 Å². The minimum atomic E-state index is -0.252. The molecule has 0 amide bonds. The smallest absolute Gasteiger partial charge is 0.233 e. The van der Waals surface area contributed by atoms with E-state index in [0.29, 0.717) is 12.4 Å². The molecule has 0 atom stereocenters. The van der Waals surface area contributed by atoms with Gasteiger partial charge in [0.1, 0.15) is 0 Å². The van der Waals surface area contributed by atoms with Crippen molar-refractivity contribution < 1.29 is 4.52 Å². The number of hydrogen-bond donors (Lipinski definition) is 1. The normalized spacial score (nSPS) is 11.1. The molecule has 1 aromatic carbocycles. The summed E-state index contributed by atoms with van der Waals surface area (Å²) in [6.45, 7) is 4.50. The molecule has 0 saturated carbocycles. The van der Waals surface area contributed by atoms with E-state index in [0.717, 1.165) is 18.7 Å². The van der Waals surface area contributed by atoms with Gasteiger partial charge in [0.05, 0.1) is 5.41 Å². The van der Waals surface area contributed by atoms with Crippen LogP contribution in [0.25, 0.3) is 0 Å². The molecule has 0 spiro atoms. The number of aryl methyl sites for hydroxylation is 2. The van der Waals surface area contributed by atoms with E-state index in [4.69, 9.17) is 10.3 Å². The van der Waals surface area contributed by atoms with Crippen molar-refractivity contribution >= 4 is 12.4 Å².